The fourth-order valence-electron chi connectivity index (χ4n) is 3.79. The van der Waals surface area contributed by atoms with Crippen molar-refractivity contribution in [3.05, 3.63) is 80.5 Å². The van der Waals surface area contributed by atoms with Gasteiger partial charge in [-0.1, -0.05) is 24.3 Å². The zero-order valence-corrected chi connectivity index (χ0v) is 22.7. The van der Waals surface area contributed by atoms with Gasteiger partial charge in [0.2, 0.25) is 0 Å². The standard InChI is InChI=1S/C19H10Cl4N3O6P3/c20-33(21)24-34(22,23)26-35(25-33)31-16-10-5-1-3-7-14(10)29-18(27)12(16)9-13-17(32-35)11-6-2-4-8-15(11)30-19(13)28/h1-8H,9H2. The third-order valence-electron chi connectivity index (χ3n) is 5.14. The molecule has 2 aromatic heterocycles. The molecule has 2 aromatic carbocycles. The Morgan fingerprint density at radius 3 is 1.60 bits per heavy atom. The number of rotatable bonds is 0. The first-order valence-corrected chi connectivity index (χ1v) is 18.3. The van der Waals surface area contributed by atoms with E-state index in [4.69, 9.17) is 62.8 Å². The molecule has 2 aliphatic heterocycles. The maximum absolute atomic E-state index is 13.1. The van der Waals surface area contributed by atoms with Gasteiger partial charge in [0.1, 0.15) is 11.2 Å². The fraction of sp³-hybridized carbons (Fsp3) is 0.0526. The van der Waals surface area contributed by atoms with Crippen LogP contribution in [0.3, 0.4) is 0 Å². The van der Waals surface area contributed by atoms with Crippen molar-refractivity contribution in [1.82, 2.24) is 0 Å². The van der Waals surface area contributed by atoms with Gasteiger partial charge in [-0.15, -0.1) is 9.03 Å². The van der Waals surface area contributed by atoms with Crippen LogP contribution in [-0.4, -0.2) is 0 Å². The Morgan fingerprint density at radius 1 is 0.657 bits per heavy atom. The molecular formula is C19H10Cl4N3O6P3. The van der Waals surface area contributed by atoms with Crippen molar-refractivity contribution in [2.75, 3.05) is 0 Å². The van der Waals surface area contributed by atoms with E-state index in [1.807, 2.05) is 0 Å². The molecule has 0 bridgehead atoms. The zero-order chi connectivity index (χ0) is 24.6. The van der Waals surface area contributed by atoms with Crippen LogP contribution in [0.25, 0.3) is 21.9 Å². The van der Waals surface area contributed by atoms with Gasteiger partial charge >= 0.3 is 18.9 Å². The van der Waals surface area contributed by atoms with Crippen LogP contribution in [0.4, 0.5) is 0 Å². The van der Waals surface area contributed by atoms with E-state index >= 15 is 0 Å². The van der Waals surface area contributed by atoms with Gasteiger partial charge in [0.15, 0.2) is 11.5 Å². The Hall–Kier alpha value is -1.69. The molecule has 35 heavy (non-hydrogen) atoms. The number of halogens is 4. The normalized spacial score (nSPS) is 19.1. The van der Waals surface area contributed by atoms with Crippen LogP contribution in [0.1, 0.15) is 11.1 Å². The molecule has 9 nitrogen and oxygen atoms in total. The lowest BCUT2D eigenvalue weighted by atomic mass is 10.0. The predicted molar refractivity (Wildman–Crippen MR) is 140 cm³/mol. The van der Waals surface area contributed by atoms with E-state index in [-0.39, 0.29) is 40.2 Å². The van der Waals surface area contributed by atoms with E-state index in [2.05, 4.69) is 13.5 Å². The lowest BCUT2D eigenvalue weighted by molar-refractivity contribution is 0.451. The summed E-state index contributed by atoms with van der Waals surface area (Å²) in [5.74, 6) is -6.94. The Bertz CT molecular complexity index is 1760. The van der Waals surface area contributed by atoms with Gasteiger partial charge in [0.25, 0.3) is 11.8 Å². The van der Waals surface area contributed by atoms with Gasteiger partial charge in [-0.25, -0.2) is 9.59 Å². The first-order valence-electron chi connectivity index (χ1n) is 9.74. The second-order valence-corrected chi connectivity index (χ2v) is 19.4. The zero-order valence-electron chi connectivity index (χ0n) is 17.0. The quantitative estimate of drug-likeness (QED) is 0.145. The van der Waals surface area contributed by atoms with E-state index in [0.717, 1.165) is 0 Å². The van der Waals surface area contributed by atoms with Crippen molar-refractivity contribution >= 4 is 86.4 Å². The van der Waals surface area contributed by atoms with Gasteiger partial charge in [-0.05, 0) is 69.2 Å². The number of hydrogen-bond donors (Lipinski definition) is 0. The Kier molecular flexibility index (Phi) is 5.52. The smallest absolute Gasteiger partial charge is 0.422 e. The second-order valence-electron chi connectivity index (χ2n) is 7.42. The number of benzene rings is 2. The summed E-state index contributed by atoms with van der Waals surface area (Å²) in [6.45, 7) is 0. The van der Waals surface area contributed by atoms with Crippen LogP contribution in [-0.2, 0) is 6.42 Å². The Labute approximate surface area is 215 Å². The molecule has 16 heteroatoms. The molecule has 2 aliphatic rings. The van der Waals surface area contributed by atoms with Gasteiger partial charge in [0, 0.05) is 6.42 Å². The molecule has 1 spiro atoms. The van der Waals surface area contributed by atoms with E-state index < -0.39 is 30.7 Å². The molecule has 0 radical (unpaired) electrons. The Morgan fingerprint density at radius 2 is 1.11 bits per heavy atom. The molecule has 0 unspecified atom stereocenters. The summed E-state index contributed by atoms with van der Waals surface area (Å²) in [7, 11) is -3.95. The maximum Gasteiger partial charge on any atom is 0.453 e. The van der Waals surface area contributed by atoms with Crippen LogP contribution in [0.2, 0.25) is 0 Å². The number of nitrogens with zero attached hydrogens (tertiary/aromatic N) is 3. The highest BCUT2D eigenvalue weighted by atomic mass is 35.9. The minimum absolute atomic E-state index is 0.0317. The lowest BCUT2D eigenvalue weighted by Crippen LogP contribution is -2.20. The molecule has 4 aromatic rings. The molecule has 0 fully saturated rings. The third-order valence-corrected chi connectivity index (χ3v) is 16.1. The summed E-state index contributed by atoms with van der Waals surface area (Å²) in [6.07, 6.45) is -0.209. The second kappa shape index (κ2) is 8.16. The van der Waals surface area contributed by atoms with Crippen LogP contribution in [0.15, 0.2) is 80.5 Å². The molecule has 0 atom stereocenters. The number of para-hydroxylation sites is 2. The van der Waals surface area contributed by atoms with Crippen molar-refractivity contribution < 1.29 is 17.9 Å². The molecule has 0 saturated carbocycles. The van der Waals surface area contributed by atoms with Crippen LogP contribution in [0, 0.1) is 0 Å². The summed E-state index contributed by atoms with van der Waals surface area (Å²) in [5.41, 5.74) is -0.922. The molecule has 0 saturated heterocycles. The molecular weight excluding hydrogens is 601 g/mol. The average molecular weight is 611 g/mol. The Balaban J connectivity index is 1.80. The van der Waals surface area contributed by atoms with Crippen LogP contribution in [0.5, 0.6) is 11.5 Å². The largest absolute Gasteiger partial charge is 0.453 e. The van der Waals surface area contributed by atoms with Crippen molar-refractivity contribution in [3.8, 4) is 11.5 Å². The number of hydrogen-bond acceptors (Lipinski definition) is 9. The van der Waals surface area contributed by atoms with Crippen molar-refractivity contribution in [3.63, 3.8) is 0 Å². The SMILES string of the molecule is O=c1oc2ccccc2c2c1Cc1c(c3ccccc3oc1=O)OP1(=NP(Cl)(Cl)=NP(Cl)(Cl)=N1)O2. The summed E-state index contributed by atoms with van der Waals surface area (Å²) in [5, 5.41) is 0.820. The lowest BCUT2D eigenvalue weighted by Gasteiger charge is -2.29. The summed E-state index contributed by atoms with van der Waals surface area (Å²) in [4.78, 5) is 26.2. The summed E-state index contributed by atoms with van der Waals surface area (Å²) < 4.78 is 36.2. The third kappa shape index (κ3) is 4.18. The van der Waals surface area contributed by atoms with Gasteiger partial charge in [0.05, 0.1) is 21.9 Å². The molecule has 4 heterocycles. The minimum atomic E-state index is -3.95. The monoisotopic (exact) mass is 609 g/mol. The summed E-state index contributed by atoms with van der Waals surface area (Å²) in [6, 6.07) is 13.3. The fourth-order valence-corrected chi connectivity index (χ4v) is 17.8. The molecule has 0 aliphatic carbocycles. The van der Waals surface area contributed by atoms with Crippen molar-refractivity contribution in [1.29, 1.82) is 0 Å². The van der Waals surface area contributed by atoms with Crippen molar-refractivity contribution in [2.45, 2.75) is 6.42 Å². The minimum Gasteiger partial charge on any atom is -0.422 e. The van der Waals surface area contributed by atoms with Crippen LogP contribution >= 0.6 is 64.4 Å². The molecule has 180 valence electrons. The highest BCUT2D eigenvalue weighted by Crippen LogP contribution is 2.85. The van der Waals surface area contributed by atoms with Gasteiger partial charge < -0.3 is 17.9 Å². The highest BCUT2D eigenvalue weighted by molar-refractivity contribution is 8.20. The highest BCUT2D eigenvalue weighted by Gasteiger charge is 2.42. The van der Waals surface area contributed by atoms with E-state index in [1.54, 1.807) is 48.5 Å². The average Bonchev–Trinajstić information content (AvgIpc) is 2.74. The maximum atomic E-state index is 13.1. The first-order chi connectivity index (χ1) is 16.5. The molecule has 6 rings (SSSR count). The molecule has 0 amide bonds. The topological polar surface area (TPSA) is 116 Å². The van der Waals surface area contributed by atoms with Gasteiger partial charge in [-0.3, -0.25) is 0 Å². The summed E-state index contributed by atoms with van der Waals surface area (Å²) >= 11 is 25.5. The first kappa shape index (κ1) is 23.7. The molecule has 0 N–H and O–H groups in total. The van der Waals surface area contributed by atoms with E-state index in [9.17, 15) is 9.59 Å². The van der Waals surface area contributed by atoms with Crippen molar-refractivity contribution in [2.24, 2.45) is 13.5 Å². The van der Waals surface area contributed by atoms with E-state index in [0.29, 0.717) is 10.8 Å². The predicted octanol–water partition coefficient (Wildman–Crippen LogP) is 9.07. The number of fused-ring (bicyclic) bond motifs is 6. The van der Waals surface area contributed by atoms with Crippen LogP contribution < -0.4 is 20.3 Å². The van der Waals surface area contributed by atoms with E-state index in [1.165, 1.54) is 0 Å². The van der Waals surface area contributed by atoms with Gasteiger partial charge in [-0.2, -0.15) is 4.52 Å².